The number of nitrogens with one attached hydrogen (secondary N) is 1. The number of halogens is 1. The normalized spacial score (nSPS) is 18.0. The van der Waals surface area contributed by atoms with E-state index in [1.54, 1.807) is 48.7 Å². The van der Waals surface area contributed by atoms with E-state index in [-0.39, 0.29) is 23.9 Å². The number of hydrogen-bond acceptors (Lipinski definition) is 5. The molecule has 188 valence electrons. The first-order chi connectivity index (χ1) is 17.3. The average Bonchev–Trinajstić information content (AvgIpc) is 3.38. The average molecular weight is 509 g/mol. The van der Waals surface area contributed by atoms with Gasteiger partial charge >= 0.3 is 0 Å². The molecular weight excluding hydrogens is 480 g/mol. The van der Waals surface area contributed by atoms with Crippen molar-refractivity contribution in [1.29, 1.82) is 0 Å². The minimum atomic E-state index is -1.84. The molecular formula is C28H29ClN2O5. The van der Waals surface area contributed by atoms with Crippen LogP contribution in [0.5, 0.6) is 0 Å². The molecule has 3 aromatic rings. The predicted octanol–water partition coefficient (Wildman–Crippen LogP) is 3.84. The summed E-state index contributed by atoms with van der Waals surface area (Å²) in [6.45, 7) is 2.26. The Morgan fingerprint density at radius 3 is 2.53 bits per heavy atom. The summed E-state index contributed by atoms with van der Waals surface area (Å²) in [6, 6.07) is 17.7. The van der Waals surface area contributed by atoms with Gasteiger partial charge in [0.2, 0.25) is 0 Å². The monoisotopic (exact) mass is 508 g/mol. The van der Waals surface area contributed by atoms with Gasteiger partial charge < -0.3 is 20.1 Å². The first-order valence-electron chi connectivity index (χ1n) is 12.0. The van der Waals surface area contributed by atoms with Gasteiger partial charge in [-0.1, -0.05) is 54.9 Å². The maximum Gasteiger partial charge on any atom is 0.255 e. The number of benzene rings is 2. The van der Waals surface area contributed by atoms with E-state index < -0.39 is 23.9 Å². The maximum atomic E-state index is 13.0. The van der Waals surface area contributed by atoms with E-state index in [4.69, 9.17) is 11.6 Å². The van der Waals surface area contributed by atoms with Gasteiger partial charge in [0.05, 0.1) is 6.04 Å². The summed E-state index contributed by atoms with van der Waals surface area (Å²) in [5, 5.41) is 21.7. The number of aliphatic hydroxyl groups is 2. The topological polar surface area (TPSA) is 111 Å². The van der Waals surface area contributed by atoms with Crippen LogP contribution in [0.1, 0.15) is 49.3 Å². The summed E-state index contributed by atoms with van der Waals surface area (Å²) in [4.78, 5) is 41.9. The highest BCUT2D eigenvalue weighted by Crippen LogP contribution is 2.34. The third-order valence-corrected chi connectivity index (χ3v) is 7.00. The highest BCUT2D eigenvalue weighted by molar-refractivity contribution is 6.30. The fourth-order valence-electron chi connectivity index (χ4n) is 4.75. The summed E-state index contributed by atoms with van der Waals surface area (Å²) < 4.78 is 0. The molecule has 0 unspecified atom stereocenters. The lowest BCUT2D eigenvalue weighted by molar-refractivity contribution is -0.153. The summed E-state index contributed by atoms with van der Waals surface area (Å²) in [6.07, 6.45) is -0.667. The number of carbonyl (C=O) groups is 2. The fourth-order valence-corrected chi connectivity index (χ4v) is 4.95. The van der Waals surface area contributed by atoms with Gasteiger partial charge in [0.15, 0.2) is 11.9 Å². The molecule has 8 heteroatoms. The molecule has 0 bridgehead atoms. The molecule has 1 amide bonds. The van der Waals surface area contributed by atoms with Crippen LogP contribution < -0.4 is 5.56 Å². The number of nitrogens with zero attached hydrogens (tertiary/aromatic N) is 1. The Bertz CT molecular complexity index is 1290. The van der Waals surface area contributed by atoms with Crippen molar-refractivity contribution >= 4 is 23.3 Å². The number of amides is 1. The number of likely N-dealkylation sites (tertiary alicyclic amines) is 1. The molecule has 1 aliphatic heterocycles. The van der Waals surface area contributed by atoms with Crippen LogP contribution in [0.25, 0.3) is 11.1 Å². The molecule has 2 heterocycles. The van der Waals surface area contributed by atoms with Crippen molar-refractivity contribution in [2.75, 3.05) is 6.54 Å². The van der Waals surface area contributed by atoms with E-state index in [1.807, 2.05) is 25.1 Å². The predicted molar refractivity (Wildman–Crippen MR) is 138 cm³/mol. The lowest BCUT2D eigenvalue weighted by atomic mass is 9.91. The van der Waals surface area contributed by atoms with Crippen LogP contribution in [0.4, 0.5) is 0 Å². The molecule has 0 radical (unpaired) electrons. The van der Waals surface area contributed by atoms with Crippen LogP contribution in [0, 0.1) is 0 Å². The molecule has 4 rings (SSSR count). The maximum absolute atomic E-state index is 13.0. The SMILES string of the molecule is C[C@@H](CC(=O)[C@H](O)[C@@H](O)C(=O)N1CCC[C@@H]1c1cccc(Cl)c1)c1ccc(-c2ccc[nH]c2=O)cc1. The highest BCUT2D eigenvalue weighted by atomic mass is 35.5. The van der Waals surface area contributed by atoms with Crippen LogP contribution in [0.15, 0.2) is 71.7 Å². The third kappa shape index (κ3) is 5.59. The number of Topliss-reactive ketones (excluding diaryl/α,β-unsaturated/α-hetero) is 1. The number of carbonyl (C=O) groups excluding carboxylic acids is 2. The number of aromatic amines is 1. The molecule has 1 fully saturated rings. The molecule has 7 nitrogen and oxygen atoms in total. The summed E-state index contributed by atoms with van der Waals surface area (Å²) in [5.41, 5.74) is 2.80. The number of H-pyrrole nitrogens is 1. The van der Waals surface area contributed by atoms with Gasteiger partial charge in [-0.2, -0.15) is 0 Å². The molecule has 2 aromatic carbocycles. The van der Waals surface area contributed by atoms with Crippen LogP contribution in [-0.4, -0.2) is 50.5 Å². The van der Waals surface area contributed by atoms with Gasteiger partial charge in [-0.25, -0.2) is 0 Å². The Morgan fingerprint density at radius 1 is 1.08 bits per heavy atom. The van der Waals surface area contributed by atoms with Crippen LogP contribution >= 0.6 is 11.6 Å². The molecule has 4 atom stereocenters. The number of pyridine rings is 1. The lowest BCUT2D eigenvalue weighted by Gasteiger charge is -2.29. The second-order valence-corrected chi connectivity index (χ2v) is 9.68. The van der Waals surface area contributed by atoms with Crippen LogP contribution in [0.3, 0.4) is 0 Å². The Morgan fingerprint density at radius 2 is 1.83 bits per heavy atom. The third-order valence-electron chi connectivity index (χ3n) is 6.77. The smallest absolute Gasteiger partial charge is 0.255 e. The van der Waals surface area contributed by atoms with Gasteiger partial charge in [0.25, 0.3) is 11.5 Å². The summed E-state index contributed by atoms with van der Waals surface area (Å²) in [5.74, 6) is -1.53. The number of aliphatic hydroxyl groups excluding tert-OH is 2. The van der Waals surface area contributed by atoms with E-state index in [0.29, 0.717) is 23.6 Å². The van der Waals surface area contributed by atoms with Crippen molar-refractivity contribution in [2.24, 2.45) is 0 Å². The zero-order valence-electron chi connectivity index (χ0n) is 19.9. The Labute approximate surface area is 214 Å². The largest absolute Gasteiger partial charge is 0.382 e. The van der Waals surface area contributed by atoms with E-state index in [0.717, 1.165) is 23.1 Å². The quantitative estimate of drug-likeness (QED) is 0.428. The number of rotatable bonds is 8. The molecule has 0 aliphatic carbocycles. The Balaban J connectivity index is 1.39. The van der Waals surface area contributed by atoms with E-state index >= 15 is 0 Å². The molecule has 36 heavy (non-hydrogen) atoms. The van der Waals surface area contributed by atoms with Crippen LogP contribution in [0.2, 0.25) is 5.02 Å². The van der Waals surface area contributed by atoms with Gasteiger partial charge in [-0.15, -0.1) is 0 Å². The highest BCUT2D eigenvalue weighted by Gasteiger charge is 2.38. The fraction of sp³-hybridized carbons (Fsp3) is 0.321. The Kier molecular flexibility index (Phi) is 8.04. The van der Waals surface area contributed by atoms with E-state index in [9.17, 15) is 24.6 Å². The number of ketones is 1. The van der Waals surface area contributed by atoms with Crippen molar-refractivity contribution in [3.63, 3.8) is 0 Å². The standard InChI is InChI=1S/C28H29ClN2O5/c1-17(18-9-11-19(12-10-18)22-7-3-13-30-27(22)35)15-24(32)25(33)26(34)28(36)31-14-4-8-23(31)20-5-2-6-21(29)16-20/h2-3,5-7,9-13,16-17,23,25-26,33-34H,4,8,14-15H2,1H3,(H,30,35)/t17-,23+,25-,26+/m0/s1. The number of aromatic nitrogens is 1. The van der Waals surface area contributed by atoms with E-state index in [2.05, 4.69) is 4.98 Å². The summed E-state index contributed by atoms with van der Waals surface area (Å²) in [7, 11) is 0. The molecule has 3 N–H and O–H groups in total. The molecule has 1 saturated heterocycles. The molecule has 1 aromatic heterocycles. The van der Waals surface area contributed by atoms with Crippen molar-refractivity contribution in [3.05, 3.63) is 93.4 Å². The van der Waals surface area contributed by atoms with Crippen molar-refractivity contribution in [3.8, 4) is 11.1 Å². The second-order valence-electron chi connectivity index (χ2n) is 9.24. The van der Waals surface area contributed by atoms with Crippen LogP contribution in [-0.2, 0) is 9.59 Å². The van der Waals surface area contributed by atoms with Gasteiger partial charge in [0, 0.05) is 29.7 Å². The van der Waals surface area contributed by atoms with Gasteiger partial charge in [-0.3, -0.25) is 14.4 Å². The van der Waals surface area contributed by atoms with Crippen molar-refractivity contribution in [2.45, 2.75) is 50.4 Å². The second kappa shape index (κ2) is 11.2. The minimum Gasteiger partial charge on any atom is -0.382 e. The summed E-state index contributed by atoms with van der Waals surface area (Å²) >= 11 is 6.10. The molecule has 1 aliphatic rings. The van der Waals surface area contributed by atoms with Crippen molar-refractivity contribution < 1.29 is 19.8 Å². The Hall–Kier alpha value is -3.26. The first-order valence-corrected chi connectivity index (χ1v) is 12.4. The zero-order valence-corrected chi connectivity index (χ0v) is 20.7. The molecule has 0 spiro atoms. The van der Waals surface area contributed by atoms with E-state index in [1.165, 1.54) is 4.90 Å². The lowest BCUT2D eigenvalue weighted by Crippen LogP contribution is -2.47. The number of hydrogen-bond donors (Lipinski definition) is 3. The first kappa shape index (κ1) is 25.8. The van der Waals surface area contributed by atoms with Gasteiger partial charge in [-0.05, 0) is 59.7 Å². The van der Waals surface area contributed by atoms with Crippen molar-refractivity contribution in [1.82, 2.24) is 9.88 Å². The molecule has 0 saturated carbocycles. The minimum absolute atomic E-state index is 0.0471. The van der Waals surface area contributed by atoms with Gasteiger partial charge in [0.1, 0.15) is 6.10 Å². The zero-order chi connectivity index (χ0) is 25.8.